The normalized spacial score (nSPS) is 20.5. The largest absolute Gasteiger partial charge is 0.494 e. The van der Waals surface area contributed by atoms with Crippen molar-refractivity contribution >= 4 is 5.91 Å². The second-order valence-electron chi connectivity index (χ2n) is 5.43. The van der Waals surface area contributed by atoms with Crippen LogP contribution in [0.4, 0.5) is 0 Å². The van der Waals surface area contributed by atoms with Crippen molar-refractivity contribution in [3.8, 4) is 5.75 Å². The molecular formula is C16H23NO3. The molecule has 20 heavy (non-hydrogen) atoms. The van der Waals surface area contributed by atoms with E-state index in [1.54, 1.807) is 4.90 Å². The molecule has 1 aromatic rings. The van der Waals surface area contributed by atoms with E-state index in [2.05, 4.69) is 0 Å². The number of carbonyl (C=O) groups is 1. The maximum Gasteiger partial charge on any atom is 0.225 e. The minimum atomic E-state index is -0.361. The molecule has 1 aliphatic rings. The summed E-state index contributed by atoms with van der Waals surface area (Å²) in [6.07, 6.45) is 2.02. The van der Waals surface area contributed by atoms with E-state index in [1.807, 2.05) is 37.3 Å². The van der Waals surface area contributed by atoms with Gasteiger partial charge in [0.2, 0.25) is 5.91 Å². The Morgan fingerprint density at radius 1 is 1.45 bits per heavy atom. The number of ether oxygens (including phenoxy) is 1. The summed E-state index contributed by atoms with van der Waals surface area (Å²) in [5.41, 5.74) is 0. The molecule has 1 amide bonds. The van der Waals surface area contributed by atoms with Gasteiger partial charge in [0, 0.05) is 19.0 Å². The molecule has 0 aliphatic carbocycles. The van der Waals surface area contributed by atoms with E-state index in [-0.39, 0.29) is 17.9 Å². The SMILES string of the molecule is C[C@H](CCOc1ccccc1)C(=O)N1CCC[C@@H](O)C1. The van der Waals surface area contributed by atoms with Crippen molar-refractivity contribution in [1.82, 2.24) is 4.90 Å². The van der Waals surface area contributed by atoms with E-state index in [1.165, 1.54) is 0 Å². The number of hydrogen-bond donors (Lipinski definition) is 1. The minimum absolute atomic E-state index is 0.0657. The molecule has 0 unspecified atom stereocenters. The van der Waals surface area contributed by atoms with Gasteiger partial charge in [-0.25, -0.2) is 0 Å². The van der Waals surface area contributed by atoms with Gasteiger partial charge in [-0.15, -0.1) is 0 Å². The molecule has 1 N–H and O–H groups in total. The van der Waals surface area contributed by atoms with E-state index >= 15 is 0 Å². The smallest absolute Gasteiger partial charge is 0.225 e. The third kappa shape index (κ3) is 4.23. The number of aliphatic hydroxyl groups is 1. The number of β-amino-alcohol motifs (C(OH)–C–C–N with tert-alkyl or cyclic N) is 1. The zero-order valence-corrected chi connectivity index (χ0v) is 12.0. The monoisotopic (exact) mass is 277 g/mol. The minimum Gasteiger partial charge on any atom is -0.494 e. The molecule has 2 rings (SSSR count). The number of hydrogen-bond acceptors (Lipinski definition) is 3. The first kappa shape index (κ1) is 14.9. The molecule has 1 aliphatic heterocycles. The van der Waals surface area contributed by atoms with Crippen molar-refractivity contribution < 1.29 is 14.6 Å². The maximum absolute atomic E-state index is 12.2. The molecule has 0 bridgehead atoms. The molecule has 0 saturated carbocycles. The van der Waals surface area contributed by atoms with Crippen molar-refractivity contribution in [1.29, 1.82) is 0 Å². The van der Waals surface area contributed by atoms with Crippen molar-refractivity contribution in [3.63, 3.8) is 0 Å². The van der Waals surface area contributed by atoms with E-state index in [9.17, 15) is 9.90 Å². The average molecular weight is 277 g/mol. The van der Waals surface area contributed by atoms with E-state index in [4.69, 9.17) is 4.74 Å². The van der Waals surface area contributed by atoms with Crippen LogP contribution in [-0.2, 0) is 4.79 Å². The summed E-state index contributed by atoms with van der Waals surface area (Å²) in [7, 11) is 0. The van der Waals surface area contributed by atoms with Gasteiger partial charge >= 0.3 is 0 Å². The fraction of sp³-hybridized carbons (Fsp3) is 0.562. The highest BCUT2D eigenvalue weighted by Gasteiger charge is 2.25. The lowest BCUT2D eigenvalue weighted by Crippen LogP contribution is -2.44. The molecule has 1 aromatic carbocycles. The molecule has 0 radical (unpaired) electrons. The van der Waals surface area contributed by atoms with Crippen LogP contribution in [-0.4, -0.2) is 41.7 Å². The number of nitrogens with zero attached hydrogens (tertiary/aromatic N) is 1. The number of rotatable bonds is 5. The highest BCUT2D eigenvalue weighted by molar-refractivity contribution is 5.78. The van der Waals surface area contributed by atoms with E-state index in [0.29, 0.717) is 19.6 Å². The zero-order valence-electron chi connectivity index (χ0n) is 12.0. The predicted molar refractivity (Wildman–Crippen MR) is 77.5 cm³/mol. The van der Waals surface area contributed by atoms with Gasteiger partial charge in [0.05, 0.1) is 12.7 Å². The average Bonchev–Trinajstić information content (AvgIpc) is 2.47. The van der Waals surface area contributed by atoms with E-state index in [0.717, 1.165) is 25.1 Å². The van der Waals surface area contributed by atoms with Gasteiger partial charge in [0.1, 0.15) is 5.75 Å². The predicted octanol–water partition coefficient (Wildman–Crippen LogP) is 2.07. The molecule has 1 heterocycles. The summed E-state index contributed by atoms with van der Waals surface area (Å²) < 4.78 is 5.62. The van der Waals surface area contributed by atoms with Crippen molar-refractivity contribution in [2.75, 3.05) is 19.7 Å². The molecule has 1 fully saturated rings. The van der Waals surface area contributed by atoms with Crippen molar-refractivity contribution in [2.45, 2.75) is 32.3 Å². The van der Waals surface area contributed by atoms with Crippen LogP contribution in [0.1, 0.15) is 26.2 Å². The van der Waals surface area contributed by atoms with Crippen LogP contribution in [0, 0.1) is 5.92 Å². The van der Waals surface area contributed by atoms with Gasteiger partial charge in [-0.1, -0.05) is 25.1 Å². The number of piperidine rings is 1. The van der Waals surface area contributed by atoms with Crippen LogP contribution in [0.25, 0.3) is 0 Å². The maximum atomic E-state index is 12.2. The number of likely N-dealkylation sites (tertiary alicyclic amines) is 1. The number of benzene rings is 1. The van der Waals surface area contributed by atoms with Crippen LogP contribution >= 0.6 is 0 Å². The highest BCUT2D eigenvalue weighted by atomic mass is 16.5. The molecule has 4 nitrogen and oxygen atoms in total. The molecule has 0 aromatic heterocycles. The topological polar surface area (TPSA) is 49.8 Å². The lowest BCUT2D eigenvalue weighted by Gasteiger charge is -2.32. The van der Waals surface area contributed by atoms with Gasteiger partial charge in [-0.3, -0.25) is 4.79 Å². The van der Waals surface area contributed by atoms with Crippen LogP contribution < -0.4 is 4.74 Å². The Kier molecular flexibility index (Phi) is 5.41. The van der Waals surface area contributed by atoms with Crippen molar-refractivity contribution in [2.24, 2.45) is 5.92 Å². The van der Waals surface area contributed by atoms with Crippen LogP contribution in [0.3, 0.4) is 0 Å². The van der Waals surface area contributed by atoms with Gasteiger partial charge in [-0.2, -0.15) is 0 Å². The Morgan fingerprint density at radius 2 is 2.20 bits per heavy atom. The number of carbonyl (C=O) groups excluding carboxylic acids is 1. The summed E-state index contributed by atoms with van der Waals surface area (Å²) in [6.45, 7) is 3.70. The number of amides is 1. The summed E-state index contributed by atoms with van der Waals surface area (Å²) in [6, 6.07) is 9.62. The molecule has 0 spiro atoms. The molecule has 2 atom stereocenters. The zero-order chi connectivity index (χ0) is 14.4. The standard InChI is InChI=1S/C16H23NO3/c1-13(9-11-20-15-7-3-2-4-8-15)16(19)17-10-5-6-14(18)12-17/h2-4,7-8,13-14,18H,5-6,9-12H2,1H3/t13-,14-/m1/s1. The van der Waals surface area contributed by atoms with Crippen LogP contribution in [0.2, 0.25) is 0 Å². The summed E-state index contributed by atoms with van der Waals surface area (Å²) in [5.74, 6) is 0.893. The van der Waals surface area contributed by atoms with Crippen LogP contribution in [0.15, 0.2) is 30.3 Å². The van der Waals surface area contributed by atoms with Gasteiger partial charge in [-0.05, 0) is 31.4 Å². The number of aliphatic hydroxyl groups excluding tert-OH is 1. The third-order valence-electron chi connectivity index (χ3n) is 3.69. The lowest BCUT2D eigenvalue weighted by molar-refractivity contribution is -0.138. The summed E-state index contributed by atoms with van der Waals surface area (Å²) >= 11 is 0. The fourth-order valence-corrected chi connectivity index (χ4v) is 2.46. The van der Waals surface area contributed by atoms with Crippen LogP contribution in [0.5, 0.6) is 5.75 Å². The first-order valence-electron chi connectivity index (χ1n) is 7.31. The van der Waals surface area contributed by atoms with Crippen molar-refractivity contribution in [3.05, 3.63) is 30.3 Å². The van der Waals surface area contributed by atoms with E-state index < -0.39 is 0 Å². The lowest BCUT2D eigenvalue weighted by atomic mass is 10.0. The molecule has 1 saturated heterocycles. The second-order valence-corrected chi connectivity index (χ2v) is 5.43. The third-order valence-corrected chi connectivity index (χ3v) is 3.69. The molecular weight excluding hydrogens is 254 g/mol. The first-order chi connectivity index (χ1) is 9.66. The second kappa shape index (κ2) is 7.29. The van der Waals surface area contributed by atoms with Gasteiger partial charge in [0.15, 0.2) is 0 Å². The number of para-hydroxylation sites is 1. The first-order valence-corrected chi connectivity index (χ1v) is 7.31. The Hall–Kier alpha value is -1.55. The Bertz CT molecular complexity index is 421. The molecule has 110 valence electrons. The van der Waals surface area contributed by atoms with Gasteiger partial charge in [0.25, 0.3) is 0 Å². The van der Waals surface area contributed by atoms with Gasteiger partial charge < -0.3 is 14.7 Å². The Morgan fingerprint density at radius 3 is 2.90 bits per heavy atom. The summed E-state index contributed by atoms with van der Waals surface area (Å²) in [5, 5.41) is 9.62. The Balaban J connectivity index is 1.73. The quantitative estimate of drug-likeness (QED) is 0.896. The highest BCUT2D eigenvalue weighted by Crippen LogP contribution is 2.16. The molecule has 4 heteroatoms. The Labute approximate surface area is 120 Å². The summed E-state index contributed by atoms with van der Waals surface area (Å²) in [4.78, 5) is 14.0. The fourth-order valence-electron chi connectivity index (χ4n) is 2.46.